The van der Waals surface area contributed by atoms with E-state index in [0.29, 0.717) is 12.2 Å². The lowest BCUT2D eigenvalue weighted by molar-refractivity contribution is 0.132. The van der Waals surface area contributed by atoms with Crippen LogP contribution in [-0.2, 0) is 18.1 Å². The molecule has 0 spiro atoms. The lowest BCUT2D eigenvalue weighted by Gasteiger charge is -2.10. The van der Waals surface area contributed by atoms with Gasteiger partial charge in [-0.15, -0.1) is 0 Å². The van der Waals surface area contributed by atoms with E-state index in [1.165, 1.54) is 5.56 Å². The summed E-state index contributed by atoms with van der Waals surface area (Å²) in [5.74, 6) is 0.717. The molecule has 4 nitrogen and oxygen atoms in total. The van der Waals surface area contributed by atoms with Crippen molar-refractivity contribution in [3.05, 3.63) is 99.0 Å². The van der Waals surface area contributed by atoms with Crippen LogP contribution in [0, 0.1) is 18.3 Å². The normalized spacial score (nSPS) is 10.6. The average Bonchev–Trinajstić information content (AvgIpc) is 2.71. The van der Waals surface area contributed by atoms with Crippen LogP contribution in [0.15, 0.2) is 76.4 Å². The van der Waals surface area contributed by atoms with E-state index in [2.05, 4.69) is 46.2 Å². The molecule has 0 radical (unpaired) electrons. The van der Waals surface area contributed by atoms with E-state index in [4.69, 9.17) is 14.8 Å². The molecule has 140 valence electrons. The Balaban J connectivity index is 1.66. The Morgan fingerprint density at radius 1 is 1.04 bits per heavy atom. The van der Waals surface area contributed by atoms with Gasteiger partial charge in [-0.05, 0) is 36.8 Å². The molecule has 0 aromatic heterocycles. The molecule has 3 aromatic carbocycles. The number of oxime groups is 1. The van der Waals surface area contributed by atoms with Gasteiger partial charge in [0.2, 0.25) is 0 Å². The van der Waals surface area contributed by atoms with Gasteiger partial charge in [0.1, 0.15) is 19.0 Å². The van der Waals surface area contributed by atoms with E-state index in [-0.39, 0.29) is 6.61 Å². The molecule has 0 unspecified atom stereocenters. The molecule has 3 aromatic rings. The van der Waals surface area contributed by atoms with Gasteiger partial charge in [-0.1, -0.05) is 69.1 Å². The Hall–Kier alpha value is -3.10. The molecule has 0 aliphatic rings. The minimum absolute atomic E-state index is 0.230. The zero-order valence-electron chi connectivity index (χ0n) is 15.4. The van der Waals surface area contributed by atoms with Gasteiger partial charge in [-0.25, -0.2) is 0 Å². The highest BCUT2D eigenvalue weighted by Crippen LogP contribution is 2.23. The topological polar surface area (TPSA) is 54.6 Å². The highest BCUT2D eigenvalue weighted by Gasteiger charge is 2.05. The van der Waals surface area contributed by atoms with Gasteiger partial charge in [0.25, 0.3) is 0 Å². The molecule has 0 aliphatic carbocycles. The Morgan fingerprint density at radius 3 is 2.71 bits per heavy atom. The second kappa shape index (κ2) is 9.72. The van der Waals surface area contributed by atoms with Crippen molar-refractivity contribution in [3.8, 4) is 11.8 Å². The largest absolute Gasteiger partial charge is 0.488 e. The first-order valence-electron chi connectivity index (χ1n) is 8.77. The van der Waals surface area contributed by atoms with E-state index in [0.717, 1.165) is 26.9 Å². The molecule has 3 rings (SSSR count). The quantitative estimate of drug-likeness (QED) is 0.350. The number of rotatable bonds is 7. The number of benzene rings is 3. The monoisotopic (exact) mass is 434 g/mol. The molecule has 0 amide bonds. The van der Waals surface area contributed by atoms with Crippen LogP contribution in [0.2, 0.25) is 0 Å². The predicted molar refractivity (Wildman–Crippen MR) is 113 cm³/mol. The molecule has 0 N–H and O–H groups in total. The third-order valence-corrected chi connectivity index (χ3v) is 4.57. The minimum atomic E-state index is 0.230. The number of hydrogen-bond donors (Lipinski definition) is 0. The summed E-state index contributed by atoms with van der Waals surface area (Å²) in [7, 11) is 0. The summed E-state index contributed by atoms with van der Waals surface area (Å²) < 4.78 is 6.90. The maximum Gasteiger partial charge on any atom is 0.143 e. The first-order chi connectivity index (χ1) is 13.7. The Bertz CT molecular complexity index is 1030. The summed E-state index contributed by atoms with van der Waals surface area (Å²) >= 11 is 3.47. The van der Waals surface area contributed by atoms with Crippen molar-refractivity contribution in [1.29, 1.82) is 5.26 Å². The number of aryl methyl sites for hydroxylation is 1. The Kier molecular flexibility index (Phi) is 6.83. The molecular formula is C23H19BrN2O2. The van der Waals surface area contributed by atoms with Crippen molar-refractivity contribution in [3.63, 3.8) is 0 Å². The van der Waals surface area contributed by atoms with Crippen molar-refractivity contribution in [2.75, 3.05) is 0 Å². The van der Waals surface area contributed by atoms with E-state index >= 15 is 0 Å². The SMILES string of the molecule is Cc1cccc(COc2ccc(Br)cc2/C=N\OCc2ccccc2C#N)c1. The fourth-order valence-corrected chi connectivity index (χ4v) is 3.05. The molecule has 0 atom stereocenters. The first kappa shape index (κ1) is 19.7. The minimum Gasteiger partial charge on any atom is -0.488 e. The second-order valence-electron chi connectivity index (χ2n) is 6.24. The van der Waals surface area contributed by atoms with Gasteiger partial charge in [0.05, 0.1) is 17.8 Å². The molecule has 0 bridgehead atoms. The maximum absolute atomic E-state index is 9.12. The van der Waals surface area contributed by atoms with E-state index in [1.807, 2.05) is 48.5 Å². The third-order valence-electron chi connectivity index (χ3n) is 4.07. The first-order valence-corrected chi connectivity index (χ1v) is 9.56. The predicted octanol–water partition coefficient (Wildman–Crippen LogP) is 5.76. The van der Waals surface area contributed by atoms with Crippen molar-refractivity contribution in [2.45, 2.75) is 20.1 Å². The summed E-state index contributed by atoms with van der Waals surface area (Å²) in [6.45, 7) is 2.76. The third kappa shape index (κ3) is 5.45. The van der Waals surface area contributed by atoms with Crippen LogP contribution in [0.3, 0.4) is 0 Å². The van der Waals surface area contributed by atoms with Crippen LogP contribution in [0.5, 0.6) is 5.75 Å². The van der Waals surface area contributed by atoms with Crippen molar-refractivity contribution in [2.24, 2.45) is 5.16 Å². The summed E-state index contributed by atoms with van der Waals surface area (Å²) in [6.07, 6.45) is 1.62. The summed E-state index contributed by atoms with van der Waals surface area (Å²) in [5, 5.41) is 13.2. The van der Waals surface area contributed by atoms with E-state index < -0.39 is 0 Å². The van der Waals surface area contributed by atoms with Crippen LogP contribution in [0.1, 0.15) is 27.8 Å². The van der Waals surface area contributed by atoms with Gasteiger partial charge < -0.3 is 9.57 Å². The van der Waals surface area contributed by atoms with Crippen LogP contribution < -0.4 is 4.74 Å². The van der Waals surface area contributed by atoms with Crippen molar-refractivity contribution < 1.29 is 9.57 Å². The highest BCUT2D eigenvalue weighted by molar-refractivity contribution is 9.10. The Morgan fingerprint density at radius 2 is 1.89 bits per heavy atom. The van der Waals surface area contributed by atoms with Gasteiger partial charge in [0.15, 0.2) is 0 Å². The fraction of sp³-hybridized carbons (Fsp3) is 0.130. The average molecular weight is 435 g/mol. The zero-order valence-corrected chi connectivity index (χ0v) is 17.0. The molecule has 0 fully saturated rings. The summed E-state index contributed by atoms with van der Waals surface area (Å²) in [5.41, 5.74) is 4.49. The molecule has 0 heterocycles. The highest BCUT2D eigenvalue weighted by atomic mass is 79.9. The molecular weight excluding hydrogens is 416 g/mol. The maximum atomic E-state index is 9.12. The Labute approximate surface area is 173 Å². The molecule has 0 saturated heterocycles. The van der Waals surface area contributed by atoms with Crippen LogP contribution in [0.4, 0.5) is 0 Å². The van der Waals surface area contributed by atoms with E-state index in [9.17, 15) is 0 Å². The lowest BCUT2D eigenvalue weighted by atomic mass is 10.1. The number of halogens is 1. The van der Waals surface area contributed by atoms with Crippen LogP contribution in [0.25, 0.3) is 0 Å². The zero-order chi connectivity index (χ0) is 19.8. The number of ether oxygens (including phenoxy) is 1. The van der Waals surface area contributed by atoms with Crippen molar-refractivity contribution >= 4 is 22.1 Å². The van der Waals surface area contributed by atoms with Crippen LogP contribution >= 0.6 is 15.9 Å². The molecule has 0 aliphatic heterocycles. The van der Waals surface area contributed by atoms with E-state index in [1.54, 1.807) is 12.3 Å². The molecule has 0 saturated carbocycles. The molecule has 5 heteroatoms. The smallest absolute Gasteiger partial charge is 0.143 e. The number of nitriles is 1. The number of nitrogens with zero attached hydrogens (tertiary/aromatic N) is 2. The lowest BCUT2D eigenvalue weighted by Crippen LogP contribution is -1.99. The molecule has 28 heavy (non-hydrogen) atoms. The summed E-state index contributed by atoms with van der Waals surface area (Å²) in [6, 6.07) is 23.4. The van der Waals surface area contributed by atoms with Gasteiger partial charge in [-0.2, -0.15) is 5.26 Å². The second-order valence-corrected chi connectivity index (χ2v) is 7.15. The fourth-order valence-electron chi connectivity index (χ4n) is 2.67. The van der Waals surface area contributed by atoms with Gasteiger partial charge in [0, 0.05) is 15.6 Å². The summed E-state index contributed by atoms with van der Waals surface area (Å²) in [4.78, 5) is 5.39. The number of hydrogen-bond acceptors (Lipinski definition) is 4. The van der Waals surface area contributed by atoms with Gasteiger partial charge >= 0.3 is 0 Å². The van der Waals surface area contributed by atoms with Crippen LogP contribution in [-0.4, -0.2) is 6.21 Å². The van der Waals surface area contributed by atoms with Crippen molar-refractivity contribution in [1.82, 2.24) is 0 Å². The van der Waals surface area contributed by atoms with Gasteiger partial charge in [-0.3, -0.25) is 0 Å². The standard InChI is InChI=1S/C23H19BrN2O2/c1-17-5-4-6-18(11-17)15-27-23-10-9-22(24)12-21(23)14-26-28-16-20-8-3-2-7-19(20)13-25/h2-12,14H,15-16H2,1H3/b26-14-.